The highest BCUT2D eigenvalue weighted by atomic mass is 16.6. The van der Waals surface area contributed by atoms with E-state index in [4.69, 9.17) is 11.2 Å². The zero-order chi connectivity index (χ0) is 30.9. The molecule has 3 rings (SSSR count). The number of alkyl carbamates (subject to hydrolysis) is 1. The van der Waals surface area contributed by atoms with Gasteiger partial charge < -0.3 is 20.3 Å². The van der Waals surface area contributed by atoms with E-state index in [1.54, 1.807) is 45.0 Å². The molecular weight excluding hydrogens is 526 g/mol. The van der Waals surface area contributed by atoms with Gasteiger partial charge in [-0.05, 0) is 64.3 Å². The van der Waals surface area contributed by atoms with Gasteiger partial charge >= 0.3 is 6.09 Å². The smallest absolute Gasteiger partial charge is 0.408 e. The fraction of sp³-hybridized carbons (Fsp3) is 0.343. The Labute approximate surface area is 249 Å². The molecule has 3 amide bonds. The lowest BCUT2D eigenvalue weighted by atomic mass is 9.92. The van der Waals surface area contributed by atoms with E-state index in [-0.39, 0.29) is 18.9 Å². The molecule has 0 fully saturated rings. The van der Waals surface area contributed by atoms with Crippen LogP contribution in [0, 0.1) is 12.3 Å². The monoisotopic (exact) mass is 567 g/mol. The number of amides is 3. The fourth-order valence-electron chi connectivity index (χ4n) is 4.66. The molecule has 0 spiro atoms. The number of hydrogen-bond donors (Lipinski definition) is 2. The van der Waals surface area contributed by atoms with E-state index in [2.05, 4.69) is 16.6 Å². The molecule has 2 atom stereocenters. The minimum absolute atomic E-state index is 0.195. The fourth-order valence-corrected chi connectivity index (χ4v) is 4.66. The Morgan fingerprint density at radius 2 is 1.38 bits per heavy atom. The summed E-state index contributed by atoms with van der Waals surface area (Å²) in [6, 6.07) is 23.9. The maximum atomic E-state index is 14.6. The minimum atomic E-state index is -1.08. The van der Waals surface area contributed by atoms with Crippen LogP contribution in [0.4, 0.5) is 4.79 Å². The number of nitrogens with one attached hydrogen (secondary N) is 2. The normalized spacial score (nSPS) is 12.8. The van der Waals surface area contributed by atoms with E-state index in [0.29, 0.717) is 11.1 Å². The molecule has 0 saturated heterocycles. The van der Waals surface area contributed by atoms with Gasteiger partial charge in [0.15, 0.2) is 0 Å². The third-order valence-electron chi connectivity index (χ3n) is 6.46. The Morgan fingerprint density at radius 3 is 1.93 bits per heavy atom. The van der Waals surface area contributed by atoms with Gasteiger partial charge in [-0.25, -0.2) is 4.79 Å². The van der Waals surface area contributed by atoms with Crippen molar-refractivity contribution in [3.63, 3.8) is 0 Å². The van der Waals surface area contributed by atoms with Crippen molar-refractivity contribution in [1.82, 2.24) is 15.5 Å². The number of ether oxygens (including phenoxy) is 1. The molecule has 220 valence electrons. The van der Waals surface area contributed by atoms with Crippen molar-refractivity contribution >= 4 is 17.9 Å². The average Bonchev–Trinajstić information content (AvgIpc) is 2.93. The van der Waals surface area contributed by atoms with Crippen molar-refractivity contribution in [3.8, 4) is 12.3 Å². The van der Waals surface area contributed by atoms with Crippen LogP contribution in [0.15, 0.2) is 84.9 Å². The molecule has 2 N–H and O–H groups in total. The number of terminal acetylenes is 1. The summed E-state index contributed by atoms with van der Waals surface area (Å²) in [4.78, 5) is 43.2. The van der Waals surface area contributed by atoms with Gasteiger partial charge in [0.05, 0.1) is 0 Å². The van der Waals surface area contributed by atoms with Gasteiger partial charge in [-0.2, -0.15) is 0 Å². The van der Waals surface area contributed by atoms with Crippen LogP contribution in [0.2, 0.25) is 0 Å². The van der Waals surface area contributed by atoms with E-state index < -0.39 is 35.2 Å². The molecule has 0 aliphatic heterocycles. The Hall–Kier alpha value is -4.57. The van der Waals surface area contributed by atoms with Gasteiger partial charge in [0.1, 0.15) is 17.7 Å². The largest absolute Gasteiger partial charge is 0.444 e. The summed E-state index contributed by atoms with van der Waals surface area (Å²) < 4.78 is 5.51. The molecule has 0 heterocycles. The second kappa shape index (κ2) is 13.9. The molecule has 0 saturated carbocycles. The number of carbonyl (C=O) groups excluding carboxylic acids is 3. The first kappa shape index (κ1) is 32.0. The molecule has 0 radical (unpaired) electrons. The highest BCUT2D eigenvalue weighted by Gasteiger charge is 2.42. The Bertz CT molecular complexity index is 1400. The number of nitrogens with zero attached hydrogens (tertiary/aromatic N) is 1. The van der Waals surface area contributed by atoms with E-state index >= 15 is 0 Å². The molecule has 3 aromatic carbocycles. The van der Waals surface area contributed by atoms with Crippen LogP contribution >= 0.6 is 0 Å². The van der Waals surface area contributed by atoms with Crippen LogP contribution in [0.25, 0.3) is 0 Å². The van der Waals surface area contributed by atoms with Crippen molar-refractivity contribution in [3.05, 3.63) is 107 Å². The van der Waals surface area contributed by atoms with Crippen LogP contribution in [-0.2, 0) is 27.3 Å². The summed E-state index contributed by atoms with van der Waals surface area (Å²) in [6.07, 6.45) is 5.34. The van der Waals surface area contributed by atoms with Gasteiger partial charge in [0.2, 0.25) is 11.8 Å². The average molecular weight is 568 g/mol. The van der Waals surface area contributed by atoms with E-state index in [1.807, 2.05) is 81.4 Å². The molecule has 7 nitrogen and oxygen atoms in total. The van der Waals surface area contributed by atoms with Crippen molar-refractivity contribution in [1.29, 1.82) is 0 Å². The zero-order valence-electron chi connectivity index (χ0n) is 25.3. The summed E-state index contributed by atoms with van der Waals surface area (Å²) in [7, 11) is 0. The summed E-state index contributed by atoms with van der Waals surface area (Å²) in [5, 5.41) is 5.79. The molecule has 42 heavy (non-hydrogen) atoms. The SMILES string of the molecule is C#Cc1ccccc1C(C(=O)NCc1ccccc1)N(C(=O)C(Cc1ccccc1)NC(=O)OC(C)(C)C)C(C)(C)C. The second-order valence-corrected chi connectivity index (χ2v) is 12.1. The van der Waals surface area contributed by atoms with Crippen molar-refractivity contribution < 1.29 is 19.1 Å². The number of hydrogen-bond acceptors (Lipinski definition) is 4. The predicted molar refractivity (Wildman–Crippen MR) is 165 cm³/mol. The van der Waals surface area contributed by atoms with Crippen LogP contribution < -0.4 is 10.6 Å². The summed E-state index contributed by atoms with van der Waals surface area (Å²) in [5.74, 6) is 1.84. The maximum absolute atomic E-state index is 14.6. The van der Waals surface area contributed by atoms with Crippen molar-refractivity contribution in [2.45, 2.75) is 77.7 Å². The number of rotatable bonds is 9. The lowest BCUT2D eigenvalue weighted by Crippen LogP contribution is -2.59. The molecule has 2 unspecified atom stereocenters. The van der Waals surface area contributed by atoms with Gasteiger partial charge in [0.25, 0.3) is 0 Å². The van der Waals surface area contributed by atoms with Gasteiger partial charge in [-0.1, -0.05) is 84.8 Å². The number of benzene rings is 3. The van der Waals surface area contributed by atoms with Crippen molar-refractivity contribution in [2.75, 3.05) is 0 Å². The summed E-state index contributed by atoms with van der Waals surface area (Å²) >= 11 is 0. The van der Waals surface area contributed by atoms with E-state index in [9.17, 15) is 14.4 Å². The topological polar surface area (TPSA) is 87.7 Å². The molecule has 0 bridgehead atoms. The molecule has 0 aliphatic rings. The summed E-state index contributed by atoms with van der Waals surface area (Å²) in [6.45, 7) is 11.1. The van der Waals surface area contributed by atoms with E-state index in [1.165, 1.54) is 4.90 Å². The Balaban J connectivity index is 2.09. The third kappa shape index (κ3) is 8.97. The first-order valence-electron chi connectivity index (χ1n) is 14.0. The van der Waals surface area contributed by atoms with Gasteiger partial charge in [-0.15, -0.1) is 6.42 Å². The lowest BCUT2D eigenvalue weighted by molar-refractivity contribution is -0.148. The van der Waals surface area contributed by atoms with Crippen LogP contribution in [0.1, 0.15) is 69.8 Å². The Kier molecular flexibility index (Phi) is 10.5. The van der Waals surface area contributed by atoms with Crippen LogP contribution in [0.5, 0.6) is 0 Å². The molecule has 3 aromatic rings. The van der Waals surface area contributed by atoms with Crippen molar-refractivity contribution in [2.24, 2.45) is 0 Å². The Morgan fingerprint density at radius 1 is 0.833 bits per heavy atom. The molecule has 0 aromatic heterocycles. The number of carbonyl (C=O) groups is 3. The highest BCUT2D eigenvalue weighted by molar-refractivity contribution is 5.93. The zero-order valence-corrected chi connectivity index (χ0v) is 25.3. The van der Waals surface area contributed by atoms with Gasteiger partial charge in [0, 0.05) is 24.1 Å². The van der Waals surface area contributed by atoms with Gasteiger partial charge in [-0.3, -0.25) is 9.59 Å². The summed E-state index contributed by atoms with van der Waals surface area (Å²) in [5.41, 5.74) is 1.16. The quantitative estimate of drug-likeness (QED) is 0.321. The van der Waals surface area contributed by atoms with E-state index in [0.717, 1.165) is 11.1 Å². The third-order valence-corrected chi connectivity index (χ3v) is 6.46. The maximum Gasteiger partial charge on any atom is 0.408 e. The lowest BCUT2D eigenvalue weighted by Gasteiger charge is -2.43. The minimum Gasteiger partial charge on any atom is -0.444 e. The standard InChI is InChI=1S/C35H41N3O4/c1-8-27-21-15-16-22-28(27)30(31(39)36-24-26-19-13-10-14-20-26)38(34(2,3)4)32(40)29(23-25-17-11-9-12-18-25)37-33(41)42-35(5,6)7/h1,9-22,29-30H,23-24H2,2-7H3,(H,36,39)(H,37,41). The predicted octanol–water partition coefficient (Wildman–Crippen LogP) is 5.79. The van der Waals surface area contributed by atoms with Crippen LogP contribution in [0.3, 0.4) is 0 Å². The highest BCUT2D eigenvalue weighted by Crippen LogP contribution is 2.32. The second-order valence-electron chi connectivity index (χ2n) is 12.1. The van der Waals surface area contributed by atoms with Crippen LogP contribution in [-0.4, -0.2) is 40.0 Å². The molecular formula is C35H41N3O4. The molecule has 7 heteroatoms. The first-order chi connectivity index (χ1) is 19.8. The first-order valence-corrected chi connectivity index (χ1v) is 14.0. The molecule has 0 aliphatic carbocycles.